The average Bonchev–Trinajstić information content (AvgIpc) is 3.38. The van der Waals surface area contributed by atoms with Gasteiger partial charge in [-0.15, -0.1) is 0 Å². The van der Waals surface area contributed by atoms with Crippen LogP contribution >= 0.6 is 0 Å². The Bertz CT molecular complexity index is 1900. The number of aliphatic hydroxyl groups excluding tert-OH is 2. The third kappa shape index (κ3) is 7.54. The number of hydrogen-bond donors (Lipinski definition) is 7. The van der Waals surface area contributed by atoms with E-state index in [1.807, 2.05) is 0 Å². The molecule has 3 heterocycles. The summed E-state index contributed by atoms with van der Waals surface area (Å²) in [4.78, 5) is 39.7. The van der Waals surface area contributed by atoms with Crippen LogP contribution in [0.4, 0.5) is 5.69 Å². The van der Waals surface area contributed by atoms with Crippen molar-refractivity contribution in [1.82, 2.24) is 0 Å². The lowest BCUT2D eigenvalue weighted by molar-refractivity contribution is -0.160. The van der Waals surface area contributed by atoms with Crippen LogP contribution in [0.3, 0.4) is 0 Å². The molecule has 1 amide bonds. The number of carbonyl (C=O) groups excluding carboxylic acids is 3. The summed E-state index contributed by atoms with van der Waals surface area (Å²) in [5.74, 6) is -9.00. The zero-order valence-corrected chi connectivity index (χ0v) is 31.1. The Morgan fingerprint density at radius 3 is 2.23 bits per heavy atom. The molecule has 9 atom stereocenters. The topological polar surface area (TPSA) is 234 Å². The molecule has 3 aliphatic heterocycles. The van der Waals surface area contributed by atoms with Crippen LogP contribution in [-0.2, 0) is 23.8 Å². The number of esters is 1. The average molecular weight is 741 g/mol. The molecule has 0 fully saturated rings. The van der Waals surface area contributed by atoms with Crippen LogP contribution in [0.5, 0.6) is 23.0 Å². The van der Waals surface area contributed by atoms with E-state index in [1.165, 1.54) is 53.0 Å². The number of allylic oxidation sites excluding steroid dienone is 2. The molecular formula is C38H48N2O13. The Morgan fingerprint density at radius 1 is 0.962 bits per heavy atom. The zero-order chi connectivity index (χ0) is 39.7. The maximum Gasteiger partial charge on any atom is 0.312 e. The number of amides is 1. The van der Waals surface area contributed by atoms with Crippen molar-refractivity contribution in [1.29, 1.82) is 0 Å². The highest BCUT2D eigenvalue weighted by atomic mass is 16.7. The Hall–Kier alpha value is -5.12. The molecule has 2 aromatic rings. The minimum absolute atomic E-state index is 0.00476. The molecule has 3 aliphatic rings. The molecule has 7 N–H and O–H groups in total. The van der Waals surface area contributed by atoms with Gasteiger partial charge in [0, 0.05) is 61.2 Å². The fourth-order valence-electron chi connectivity index (χ4n) is 6.93. The van der Waals surface area contributed by atoms with Gasteiger partial charge in [0.15, 0.2) is 5.75 Å². The van der Waals surface area contributed by atoms with Crippen molar-refractivity contribution in [2.24, 2.45) is 28.8 Å². The molecule has 0 saturated carbocycles. The number of phenols is 3. The van der Waals surface area contributed by atoms with Gasteiger partial charge in [-0.05, 0) is 19.9 Å². The molecule has 15 heteroatoms. The van der Waals surface area contributed by atoms with Gasteiger partial charge >= 0.3 is 11.8 Å². The van der Waals surface area contributed by atoms with Crippen LogP contribution in [0.15, 0.2) is 41.3 Å². The number of anilines is 1. The molecule has 5 bridgehead atoms. The van der Waals surface area contributed by atoms with E-state index in [9.17, 15) is 45.1 Å². The van der Waals surface area contributed by atoms with Crippen molar-refractivity contribution < 1.29 is 64.1 Å². The van der Waals surface area contributed by atoms with E-state index in [0.717, 1.165) is 12.5 Å². The monoisotopic (exact) mass is 740 g/mol. The fourth-order valence-corrected chi connectivity index (χ4v) is 6.93. The first-order chi connectivity index (χ1) is 24.8. The number of aliphatic hydroxyl groups is 2. The Labute approximate surface area is 306 Å². The number of ether oxygens (including phenoxy) is 4. The number of phenolic OH excluding ortho intramolecular Hbond substituents is 3. The summed E-state index contributed by atoms with van der Waals surface area (Å²) in [5, 5.41) is 71.2. The van der Waals surface area contributed by atoms with Crippen LogP contribution in [0.1, 0.15) is 70.0 Å². The third-order valence-corrected chi connectivity index (χ3v) is 10.2. The maximum atomic E-state index is 14.1. The lowest BCUT2D eigenvalue weighted by Crippen LogP contribution is -2.46. The molecule has 0 aliphatic carbocycles. The highest BCUT2D eigenvalue weighted by Gasteiger charge is 2.50. The normalized spacial score (nSPS) is 30.0. The number of nitrogens with one attached hydrogen (secondary N) is 1. The number of ketones is 1. The number of nitrogens with zero attached hydrogens (tertiary/aromatic N) is 1. The van der Waals surface area contributed by atoms with Gasteiger partial charge in [0.05, 0.1) is 53.0 Å². The molecule has 15 nitrogen and oxygen atoms in total. The molecule has 0 aromatic heterocycles. The maximum absolute atomic E-state index is 14.1. The molecule has 53 heavy (non-hydrogen) atoms. The zero-order valence-electron chi connectivity index (χ0n) is 31.1. The first kappa shape index (κ1) is 40.6. The number of methoxy groups -OCH3 is 1. The van der Waals surface area contributed by atoms with E-state index in [2.05, 4.69) is 10.5 Å². The molecule has 0 saturated heterocycles. The van der Waals surface area contributed by atoms with Gasteiger partial charge in [-0.2, -0.15) is 0 Å². The highest BCUT2D eigenvalue weighted by Crippen LogP contribution is 2.55. The predicted octanol–water partition coefficient (Wildman–Crippen LogP) is 4.56. The number of carbonyl (C=O) groups is 3. The standard InChI is InChI=1S/C38H48N2O13/c1-16-11-10-12-17(2)37(48)40-28-23(15-39-49)32(45)25-26(33(28)46)31(44)21(6)35-27(25)36(47)38(8,53-35)51-14-13-24(50-9)18(3)34(52-22(7)41)20(5)30(43)19(4)29(16)42/h10-16,18-20,24,29-30,34,42-46,49H,1-9H3,(H,40,48)/b11-10?,14-13?,17-12?,39-15+. The van der Waals surface area contributed by atoms with Gasteiger partial charge in [0.2, 0.25) is 0 Å². The summed E-state index contributed by atoms with van der Waals surface area (Å²) in [5.41, 5.74) is -0.978. The summed E-state index contributed by atoms with van der Waals surface area (Å²) >= 11 is 0. The quantitative estimate of drug-likeness (QED) is 0.0572. The van der Waals surface area contributed by atoms with Crippen molar-refractivity contribution in [3.8, 4) is 23.0 Å². The first-order valence-corrected chi connectivity index (χ1v) is 17.1. The van der Waals surface area contributed by atoms with Crippen LogP contribution < -0.4 is 10.1 Å². The number of benzene rings is 2. The van der Waals surface area contributed by atoms with E-state index in [0.29, 0.717) is 0 Å². The number of hydrogen-bond acceptors (Lipinski definition) is 14. The molecular weight excluding hydrogens is 692 g/mol. The van der Waals surface area contributed by atoms with Gasteiger partial charge in [0.25, 0.3) is 11.7 Å². The van der Waals surface area contributed by atoms with Crippen molar-refractivity contribution in [2.45, 2.75) is 85.6 Å². The number of aromatic hydroxyl groups is 3. The van der Waals surface area contributed by atoms with Crippen LogP contribution in [-0.4, -0.2) is 91.9 Å². The minimum atomic E-state index is -2.07. The smallest absolute Gasteiger partial charge is 0.312 e. The Balaban J connectivity index is 1.95. The Morgan fingerprint density at radius 2 is 1.62 bits per heavy atom. The largest absolute Gasteiger partial charge is 0.507 e. The van der Waals surface area contributed by atoms with Gasteiger partial charge in [-0.1, -0.05) is 51.1 Å². The number of Topliss-reactive ketones (excluding diaryl/α,β-unsaturated/α-hetero) is 1. The second kappa shape index (κ2) is 15.9. The minimum Gasteiger partial charge on any atom is -0.507 e. The summed E-state index contributed by atoms with van der Waals surface area (Å²) < 4.78 is 23.2. The second-order valence-corrected chi connectivity index (χ2v) is 13.9. The summed E-state index contributed by atoms with van der Waals surface area (Å²) in [7, 11) is 1.41. The van der Waals surface area contributed by atoms with E-state index in [-0.39, 0.29) is 27.8 Å². The molecule has 9 unspecified atom stereocenters. The van der Waals surface area contributed by atoms with E-state index in [1.54, 1.807) is 33.8 Å². The van der Waals surface area contributed by atoms with Crippen molar-refractivity contribution >= 4 is 40.3 Å². The lowest BCUT2D eigenvalue weighted by atomic mass is 9.78. The molecule has 5 rings (SSSR count). The van der Waals surface area contributed by atoms with E-state index >= 15 is 0 Å². The molecule has 288 valence electrons. The Kier molecular flexibility index (Phi) is 12.2. The third-order valence-electron chi connectivity index (χ3n) is 10.2. The predicted molar refractivity (Wildman–Crippen MR) is 193 cm³/mol. The lowest BCUT2D eigenvalue weighted by Gasteiger charge is -2.38. The molecule has 0 spiro atoms. The van der Waals surface area contributed by atoms with Crippen molar-refractivity contribution in [2.75, 3.05) is 12.4 Å². The number of rotatable bonds is 3. The van der Waals surface area contributed by atoms with E-state index < -0.39 is 105 Å². The number of oxime groups is 1. The summed E-state index contributed by atoms with van der Waals surface area (Å²) in [6, 6.07) is 0. The van der Waals surface area contributed by atoms with Gasteiger partial charge in [-0.25, -0.2) is 0 Å². The second-order valence-electron chi connectivity index (χ2n) is 13.9. The van der Waals surface area contributed by atoms with Crippen LogP contribution in [0.25, 0.3) is 10.8 Å². The summed E-state index contributed by atoms with van der Waals surface area (Å²) in [6.07, 6.45) is 4.01. The number of fused-ring (bicyclic) bond motifs is 14. The SMILES string of the molecule is COC1C=COC2(C)Oc3c(C)c(O)c4c(O)c(c(/C=N/O)c(O)c4c3C2=O)NC(=O)C(C)=CC=CC(C)C(O)C(C)C(O)C(C)C(OC(C)=O)C1C. The van der Waals surface area contributed by atoms with Gasteiger partial charge in [-0.3, -0.25) is 14.4 Å². The van der Waals surface area contributed by atoms with Gasteiger partial charge < -0.3 is 55.0 Å². The van der Waals surface area contributed by atoms with Crippen LogP contribution in [0, 0.1) is 30.6 Å². The first-order valence-electron chi connectivity index (χ1n) is 17.1. The van der Waals surface area contributed by atoms with Gasteiger partial charge in [0.1, 0.15) is 23.4 Å². The van der Waals surface area contributed by atoms with Crippen molar-refractivity contribution in [3.63, 3.8) is 0 Å². The van der Waals surface area contributed by atoms with Crippen molar-refractivity contribution in [3.05, 3.63) is 52.8 Å². The highest BCUT2D eigenvalue weighted by molar-refractivity contribution is 6.23. The fraction of sp³-hybridized carbons (Fsp3) is 0.474. The summed E-state index contributed by atoms with van der Waals surface area (Å²) in [6.45, 7) is 12.2. The van der Waals surface area contributed by atoms with Crippen LogP contribution in [0.2, 0.25) is 0 Å². The molecule has 2 aromatic carbocycles. The molecule has 0 radical (unpaired) electrons. The van der Waals surface area contributed by atoms with E-state index in [4.69, 9.17) is 18.9 Å².